The molecule has 0 heterocycles. The second-order valence-electron chi connectivity index (χ2n) is 4.62. The first-order valence-corrected chi connectivity index (χ1v) is 7.04. The molecule has 0 aliphatic heterocycles. The van der Waals surface area contributed by atoms with Gasteiger partial charge in [0.1, 0.15) is 5.82 Å². The fourth-order valence-corrected chi connectivity index (χ4v) is 2.84. The van der Waals surface area contributed by atoms with Crippen LogP contribution in [0.1, 0.15) is 28.3 Å². The van der Waals surface area contributed by atoms with Gasteiger partial charge in [0, 0.05) is 15.1 Å². The van der Waals surface area contributed by atoms with Gasteiger partial charge in [0.2, 0.25) is 0 Å². The summed E-state index contributed by atoms with van der Waals surface area (Å²) in [7, 11) is 0. The lowest BCUT2D eigenvalue weighted by Gasteiger charge is -2.18. The van der Waals surface area contributed by atoms with Crippen LogP contribution < -0.4 is 5.73 Å². The van der Waals surface area contributed by atoms with E-state index >= 15 is 0 Å². The molecule has 0 bridgehead atoms. The quantitative estimate of drug-likeness (QED) is 0.825. The molecule has 4 heteroatoms. The van der Waals surface area contributed by atoms with Gasteiger partial charge in [-0.1, -0.05) is 33.6 Å². The van der Waals surface area contributed by atoms with Crippen molar-refractivity contribution in [1.29, 1.82) is 0 Å². The number of halogens is 3. The Hall–Kier alpha value is -0.900. The first kappa shape index (κ1) is 14.5. The summed E-state index contributed by atoms with van der Waals surface area (Å²) in [5, 5.41) is 0.537. The van der Waals surface area contributed by atoms with E-state index in [0.29, 0.717) is 16.1 Å². The van der Waals surface area contributed by atoms with E-state index in [-0.39, 0.29) is 5.82 Å². The summed E-state index contributed by atoms with van der Waals surface area (Å²) in [6.45, 7) is 3.72. The highest BCUT2D eigenvalue weighted by molar-refractivity contribution is 9.10. The predicted octanol–water partition coefficient (Wildman–Crippen LogP) is 4.91. The Balaban J connectivity index is 2.56. The van der Waals surface area contributed by atoms with Crippen LogP contribution in [0.2, 0.25) is 5.02 Å². The molecular weight excluding hydrogens is 329 g/mol. The molecule has 1 unspecified atom stereocenters. The summed E-state index contributed by atoms with van der Waals surface area (Å²) in [6, 6.07) is 8.24. The number of benzene rings is 2. The predicted molar refractivity (Wildman–Crippen MR) is 81.1 cm³/mol. The fourth-order valence-electron chi connectivity index (χ4n) is 2.23. The van der Waals surface area contributed by atoms with Gasteiger partial charge in [0.15, 0.2) is 0 Å². The summed E-state index contributed by atoms with van der Waals surface area (Å²) in [5.74, 6) is -0.291. The second kappa shape index (κ2) is 5.61. The molecule has 0 radical (unpaired) electrons. The van der Waals surface area contributed by atoms with Crippen molar-refractivity contribution in [3.8, 4) is 0 Å². The van der Waals surface area contributed by atoms with Crippen LogP contribution in [0.5, 0.6) is 0 Å². The van der Waals surface area contributed by atoms with Crippen molar-refractivity contribution < 1.29 is 4.39 Å². The van der Waals surface area contributed by atoms with Crippen LogP contribution >= 0.6 is 27.5 Å². The molecule has 1 atom stereocenters. The third-order valence-electron chi connectivity index (χ3n) is 3.08. The lowest BCUT2D eigenvalue weighted by atomic mass is 9.94. The van der Waals surface area contributed by atoms with E-state index < -0.39 is 6.04 Å². The van der Waals surface area contributed by atoms with Crippen molar-refractivity contribution in [2.24, 2.45) is 5.73 Å². The van der Waals surface area contributed by atoms with Gasteiger partial charge in [-0.25, -0.2) is 4.39 Å². The Bertz CT molecular complexity index is 605. The molecule has 0 fully saturated rings. The number of hydrogen-bond acceptors (Lipinski definition) is 1. The molecule has 2 rings (SSSR count). The maximum Gasteiger partial charge on any atom is 0.128 e. The lowest BCUT2D eigenvalue weighted by Crippen LogP contribution is -2.16. The Morgan fingerprint density at radius 2 is 1.89 bits per heavy atom. The summed E-state index contributed by atoms with van der Waals surface area (Å²) < 4.78 is 15.0. The van der Waals surface area contributed by atoms with Crippen molar-refractivity contribution in [1.82, 2.24) is 0 Å². The third-order valence-corrected chi connectivity index (χ3v) is 3.92. The first-order chi connectivity index (χ1) is 8.90. The molecule has 0 saturated carbocycles. The molecule has 100 valence electrons. The van der Waals surface area contributed by atoms with E-state index in [1.165, 1.54) is 6.07 Å². The van der Waals surface area contributed by atoms with Gasteiger partial charge in [-0.05, 0) is 54.8 Å². The van der Waals surface area contributed by atoms with Crippen LogP contribution in [0, 0.1) is 19.7 Å². The van der Waals surface area contributed by atoms with Gasteiger partial charge in [-0.3, -0.25) is 0 Å². The molecule has 0 saturated heterocycles. The van der Waals surface area contributed by atoms with Crippen molar-refractivity contribution >= 4 is 27.5 Å². The molecule has 2 aromatic carbocycles. The van der Waals surface area contributed by atoms with E-state index in [9.17, 15) is 4.39 Å². The van der Waals surface area contributed by atoms with Crippen LogP contribution in [0.4, 0.5) is 4.39 Å². The normalized spacial score (nSPS) is 12.5. The number of hydrogen-bond donors (Lipinski definition) is 1. The van der Waals surface area contributed by atoms with E-state index in [4.69, 9.17) is 17.3 Å². The van der Waals surface area contributed by atoms with E-state index in [0.717, 1.165) is 15.6 Å². The largest absolute Gasteiger partial charge is 0.320 e. The Labute approximate surface area is 125 Å². The minimum absolute atomic E-state index is 0.291. The molecule has 0 amide bonds. The molecule has 0 aliphatic rings. The molecule has 0 spiro atoms. The van der Waals surface area contributed by atoms with Gasteiger partial charge >= 0.3 is 0 Å². The van der Waals surface area contributed by atoms with Gasteiger partial charge < -0.3 is 5.73 Å². The van der Waals surface area contributed by atoms with Gasteiger partial charge in [-0.15, -0.1) is 0 Å². The molecular formula is C15H14BrClFN. The molecule has 0 aromatic heterocycles. The number of aryl methyl sites for hydroxylation is 2. The van der Waals surface area contributed by atoms with Crippen LogP contribution in [0.25, 0.3) is 0 Å². The van der Waals surface area contributed by atoms with Crippen LogP contribution in [0.15, 0.2) is 34.8 Å². The third kappa shape index (κ3) is 2.99. The van der Waals surface area contributed by atoms with Crippen molar-refractivity contribution in [3.63, 3.8) is 0 Å². The zero-order valence-corrected chi connectivity index (χ0v) is 13.0. The smallest absolute Gasteiger partial charge is 0.128 e. The van der Waals surface area contributed by atoms with Gasteiger partial charge in [0.25, 0.3) is 0 Å². The summed E-state index contributed by atoms with van der Waals surface area (Å²) in [6.07, 6.45) is 0. The highest BCUT2D eigenvalue weighted by atomic mass is 79.9. The second-order valence-corrected chi connectivity index (χ2v) is 5.94. The van der Waals surface area contributed by atoms with Crippen LogP contribution in [0.3, 0.4) is 0 Å². The van der Waals surface area contributed by atoms with E-state index in [1.54, 1.807) is 6.07 Å². The highest BCUT2D eigenvalue weighted by Gasteiger charge is 2.19. The Morgan fingerprint density at radius 3 is 2.53 bits per heavy atom. The van der Waals surface area contributed by atoms with Crippen molar-refractivity contribution in [3.05, 3.63) is 67.9 Å². The molecule has 0 aliphatic carbocycles. The molecule has 2 aromatic rings. The van der Waals surface area contributed by atoms with Crippen molar-refractivity contribution in [2.45, 2.75) is 19.9 Å². The maximum atomic E-state index is 14.1. The minimum atomic E-state index is -0.578. The van der Waals surface area contributed by atoms with E-state index in [1.807, 2.05) is 32.0 Å². The zero-order valence-electron chi connectivity index (χ0n) is 10.7. The number of nitrogens with two attached hydrogens (primary N) is 1. The van der Waals surface area contributed by atoms with Gasteiger partial charge in [-0.2, -0.15) is 0 Å². The summed E-state index contributed by atoms with van der Waals surface area (Å²) in [5.41, 5.74) is 9.11. The summed E-state index contributed by atoms with van der Waals surface area (Å²) in [4.78, 5) is 0. The average Bonchev–Trinajstić information content (AvgIpc) is 2.30. The molecule has 2 N–H and O–H groups in total. The number of rotatable bonds is 2. The van der Waals surface area contributed by atoms with E-state index in [2.05, 4.69) is 15.9 Å². The Kier molecular flexibility index (Phi) is 4.29. The maximum absolute atomic E-state index is 14.1. The van der Waals surface area contributed by atoms with Crippen molar-refractivity contribution in [2.75, 3.05) is 0 Å². The monoisotopic (exact) mass is 341 g/mol. The minimum Gasteiger partial charge on any atom is -0.320 e. The van der Waals surface area contributed by atoms with Gasteiger partial charge in [0.05, 0.1) is 6.04 Å². The molecule has 19 heavy (non-hydrogen) atoms. The SMILES string of the molecule is Cc1cc(C)c(C(N)c2cc(Br)ccc2Cl)c(F)c1. The van der Waals surface area contributed by atoms with Crippen LogP contribution in [-0.2, 0) is 0 Å². The first-order valence-electron chi connectivity index (χ1n) is 5.87. The fraction of sp³-hybridized carbons (Fsp3) is 0.200. The summed E-state index contributed by atoms with van der Waals surface area (Å²) >= 11 is 9.53. The highest BCUT2D eigenvalue weighted by Crippen LogP contribution is 2.32. The Morgan fingerprint density at radius 1 is 1.21 bits per heavy atom. The standard InChI is InChI=1S/C15H14BrClFN/c1-8-5-9(2)14(13(18)6-8)15(19)11-7-10(16)3-4-12(11)17/h3-7,15H,19H2,1-2H3. The lowest BCUT2D eigenvalue weighted by molar-refractivity contribution is 0.596. The van der Waals surface area contributed by atoms with Crippen LogP contribution in [-0.4, -0.2) is 0 Å². The average molecular weight is 343 g/mol. The molecule has 1 nitrogen and oxygen atoms in total. The topological polar surface area (TPSA) is 26.0 Å². The zero-order chi connectivity index (χ0) is 14.2.